The highest BCUT2D eigenvalue weighted by Gasteiger charge is 2.13. The fraction of sp³-hybridized carbons (Fsp3) is 0.143. The lowest BCUT2D eigenvalue weighted by atomic mass is 10.1. The van der Waals surface area contributed by atoms with Crippen LogP contribution < -0.4 is 0 Å². The number of aromatic nitrogens is 1. The van der Waals surface area contributed by atoms with Gasteiger partial charge in [-0.3, -0.25) is 4.79 Å². The van der Waals surface area contributed by atoms with Crippen LogP contribution in [-0.4, -0.2) is 29.9 Å². The monoisotopic (exact) mass is 262 g/mol. The number of hydrogen-bond donors (Lipinski definition) is 0. The summed E-state index contributed by atoms with van der Waals surface area (Å²) in [7, 11) is 3.21. The SMILES string of the molecule is CN(C)C(=O)c1cccc(-c2ccc(F)cc2F)n1. The molecule has 0 bridgehead atoms. The van der Waals surface area contributed by atoms with Gasteiger partial charge in [0.1, 0.15) is 17.3 Å². The van der Waals surface area contributed by atoms with Crippen LogP contribution in [0.3, 0.4) is 0 Å². The summed E-state index contributed by atoms with van der Waals surface area (Å²) in [5.41, 5.74) is 0.672. The van der Waals surface area contributed by atoms with Gasteiger partial charge in [-0.15, -0.1) is 0 Å². The minimum Gasteiger partial charge on any atom is -0.343 e. The third kappa shape index (κ3) is 2.76. The summed E-state index contributed by atoms with van der Waals surface area (Å²) in [4.78, 5) is 17.3. The number of benzene rings is 1. The van der Waals surface area contributed by atoms with E-state index in [1.807, 2.05) is 0 Å². The molecule has 0 radical (unpaired) electrons. The Morgan fingerprint density at radius 2 is 1.89 bits per heavy atom. The minimum absolute atomic E-state index is 0.162. The Morgan fingerprint density at radius 1 is 1.16 bits per heavy atom. The van der Waals surface area contributed by atoms with Crippen molar-refractivity contribution in [2.45, 2.75) is 0 Å². The first-order chi connectivity index (χ1) is 8.99. The average Bonchev–Trinajstić information content (AvgIpc) is 2.38. The standard InChI is InChI=1S/C14H12F2N2O/c1-18(2)14(19)13-5-3-4-12(17-13)10-7-6-9(15)8-11(10)16/h3-8H,1-2H3. The summed E-state index contributed by atoms with van der Waals surface area (Å²) in [6, 6.07) is 7.98. The summed E-state index contributed by atoms with van der Waals surface area (Å²) < 4.78 is 26.5. The van der Waals surface area contributed by atoms with E-state index in [-0.39, 0.29) is 17.2 Å². The second-order valence-corrected chi connectivity index (χ2v) is 4.23. The molecule has 0 aliphatic rings. The molecule has 0 spiro atoms. The van der Waals surface area contributed by atoms with Crippen LogP contribution >= 0.6 is 0 Å². The van der Waals surface area contributed by atoms with Crippen LogP contribution in [-0.2, 0) is 0 Å². The smallest absolute Gasteiger partial charge is 0.271 e. The Hall–Kier alpha value is -2.30. The molecular weight excluding hydrogens is 250 g/mol. The predicted molar refractivity (Wildman–Crippen MR) is 67.6 cm³/mol. The number of hydrogen-bond acceptors (Lipinski definition) is 2. The van der Waals surface area contributed by atoms with Gasteiger partial charge in [0.15, 0.2) is 0 Å². The molecule has 2 aromatic rings. The van der Waals surface area contributed by atoms with Gasteiger partial charge >= 0.3 is 0 Å². The largest absolute Gasteiger partial charge is 0.343 e. The molecule has 2 rings (SSSR count). The van der Waals surface area contributed by atoms with Crippen LogP contribution in [0.2, 0.25) is 0 Å². The molecule has 98 valence electrons. The van der Waals surface area contributed by atoms with Gasteiger partial charge in [0, 0.05) is 25.7 Å². The van der Waals surface area contributed by atoms with E-state index in [4.69, 9.17) is 0 Å². The van der Waals surface area contributed by atoms with Gasteiger partial charge in [-0.25, -0.2) is 13.8 Å². The molecule has 0 saturated heterocycles. The van der Waals surface area contributed by atoms with Crippen LogP contribution in [0.4, 0.5) is 8.78 Å². The Labute approximate surface area is 109 Å². The van der Waals surface area contributed by atoms with E-state index in [0.29, 0.717) is 5.69 Å². The molecule has 0 aliphatic carbocycles. The summed E-state index contributed by atoms with van der Waals surface area (Å²) in [5.74, 6) is -1.63. The lowest BCUT2D eigenvalue weighted by molar-refractivity contribution is 0.0822. The third-order valence-electron chi connectivity index (χ3n) is 2.58. The molecule has 0 N–H and O–H groups in total. The molecule has 0 fully saturated rings. The van der Waals surface area contributed by atoms with Crippen molar-refractivity contribution in [1.82, 2.24) is 9.88 Å². The zero-order valence-corrected chi connectivity index (χ0v) is 10.5. The second-order valence-electron chi connectivity index (χ2n) is 4.23. The van der Waals surface area contributed by atoms with Crippen molar-refractivity contribution in [2.75, 3.05) is 14.1 Å². The summed E-state index contributed by atoms with van der Waals surface area (Å²) >= 11 is 0. The maximum atomic E-state index is 13.7. The Morgan fingerprint density at radius 3 is 2.53 bits per heavy atom. The highest BCUT2D eigenvalue weighted by molar-refractivity contribution is 5.92. The van der Waals surface area contributed by atoms with Gasteiger partial charge < -0.3 is 4.90 Å². The zero-order valence-electron chi connectivity index (χ0n) is 10.5. The van der Waals surface area contributed by atoms with Gasteiger partial charge in [0.05, 0.1) is 5.69 Å². The highest BCUT2D eigenvalue weighted by atomic mass is 19.1. The van der Waals surface area contributed by atoms with Gasteiger partial charge in [-0.05, 0) is 24.3 Å². The number of carbonyl (C=O) groups excluding carboxylic acids is 1. The second kappa shape index (κ2) is 5.14. The Bertz CT molecular complexity index is 627. The molecule has 1 aromatic heterocycles. The molecule has 0 unspecified atom stereocenters. The fourth-order valence-electron chi connectivity index (χ4n) is 1.63. The topological polar surface area (TPSA) is 33.2 Å². The predicted octanol–water partition coefficient (Wildman–Crippen LogP) is 2.73. The van der Waals surface area contributed by atoms with Crippen molar-refractivity contribution in [3.8, 4) is 11.3 Å². The van der Waals surface area contributed by atoms with E-state index in [2.05, 4.69) is 4.98 Å². The molecular formula is C14H12F2N2O. The van der Waals surface area contributed by atoms with Gasteiger partial charge in [-0.2, -0.15) is 0 Å². The number of rotatable bonds is 2. The first-order valence-corrected chi connectivity index (χ1v) is 5.63. The fourth-order valence-corrected chi connectivity index (χ4v) is 1.63. The van der Waals surface area contributed by atoms with Crippen LogP contribution in [0.25, 0.3) is 11.3 Å². The number of amides is 1. The van der Waals surface area contributed by atoms with Gasteiger partial charge in [-0.1, -0.05) is 6.07 Å². The Kier molecular flexibility index (Phi) is 3.55. The first kappa shape index (κ1) is 13.1. The van der Waals surface area contributed by atoms with E-state index in [9.17, 15) is 13.6 Å². The normalized spacial score (nSPS) is 10.3. The van der Waals surface area contributed by atoms with Gasteiger partial charge in [0.2, 0.25) is 0 Å². The number of carbonyl (C=O) groups is 1. The lowest BCUT2D eigenvalue weighted by Crippen LogP contribution is -2.22. The molecule has 3 nitrogen and oxygen atoms in total. The molecule has 1 heterocycles. The molecule has 0 atom stereocenters. The van der Waals surface area contributed by atoms with Crippen LogP contribution in [0.1, 0.15) is 10.5 Å². The maximum absolute atomic E-state index is 13.7. The van der Waals surface area contributed by atoms with Crippen LogP contribution in [0.15, 0.2) is 36.4 Å². The van der Waals surface area contributed by atoms with Crippen molar-refractivity contribution < 1.29 is 13.6 Å². The van der Waals surface area contributed by atoms with Crippen molar-refractivity contribution in [3.05, 3.63) is 53.7 Å². The van der Waals surface area contributed by atoms with Crippen molar-refractivity contribution in [3.63, 3.8) is 0 Å². The Balaban J connectivity index is 2.46. The van der Waals surface area contributed by atoms with Crippen LogP contribution in [0, 0.1) is 11.6 Å². The lowest BCUT2D eigenvalue weighted by Gasteiger charge is -2.10. The van der Waals surface area contributed by atoms with Crippen molar-refractivity contribution in [1.29, 1.82) is 0 Å². The molecule has 0 saturated carbocycles. The van der Waals surface area contributed by atoms with E-state index in [0.717, 1.165) is 12.1 Å². The molecule has 1 amide bonds. The number of halogens is 2. The van der Waals surface area contributed by atoms with Crippen LogP contribution in [0.5, 0.6) is 0 Å². The average molecular weight is 262 g/mol. The van der Waals surface area contributed by atoms with E-state index in [1.165, 1.54) is 11.0 Å². The van der Waals surface area contributed by atoms with Crippen molar-refractivity contribution >= 4 is 5.91 Å². The highest BCUT2D eigenvalue weighted by Crippen LogP contribution is 2.21. The minimum atomic E-state index is -0.707. The summed E-state index contributed by atoms with van der Waals surface area (Å²) in [5, 5.41) is 0. The quantitative estimate of drug-likeness (QED) is 0.833. The summed E-state index contributed by atoms with van der Waals surface area (Å²) in [6.07, 6.45) is 0. The van der Waals surface area contributed by atoms with Gasteiger partial charge in [0.25, 0.3) is 5.91 Å². The number of nitrogens with zero attached hydrogens (tertiary/aromatic N) is 2. The van der Waals surface area contributed by atoms with E-state index in [1.54, 1.807) is 32.3 Å². The molecule has 0 aliphatic heterocycles. The maximum Gasteiger partial charge on any atom is 0.271 e. The van der Waals surface area contributed by atoms with E-state index < -0.39 is 11.6 Å². The third-order valence-corrected chi connectivity index (χ3v) is 2.58. The molecule has 19 heavy (non-hydrogen) atoms. The molecule has 1 aromatic carbocycles. The molecule has 5 heteroatoms. The number of pyridine rings is 1. The zero-order chi connectivity index (χ0) is 14.0. The van der Waals surface area contributed by atoms with Crippen molar-refractivity contribution in [2.24, 2.45) is 0 Å². The first-order valence-electron chi connectivity index (χ1n) is 5.63. The summed E-state index contributed by atoms with van der Waals surface area (Å²) in [6.45, 7) is 0. The van der Waals surface area contributed by atoms with E-state index >= 15 is 0 Å².